The average molecular weight is 615 g/mol. The Balaban J connectivity index is 1.44. The summed E-state index contributed by atoms with van der Waals surface area (Å²) in [5.41, 5.74) is 1.85. The lowest BCUT2D eigenvalue weighted by atomic mass is 9.96. The molecule has 228 valence electrons. The molecule has 3 aliphatic rings. The van der Waals surface area contributed by atoms with E-state index in [9.17, 15) is 24.0 Å². The Morgan fingerprint density at radius 2 is 1.91 bits per heavy atom. The molecular weight excluding hydrogens is 580 g/mol. The molecule has 2 unspecified atom stereocenters. The van der Waals surface area contributed by atoms with Crippen molar-refractivity contribution < 1.29 is 28.7 Å². The molecular formula is C33H34N4O6S. The molecule has 0 spiro atoms. The zero-order chi connectivity index (χ0) is 31.0. The van der Waals surface area contributed by atoms with Crippen molar-refractivity contribution in [1.29, 1.82) is 0 Å². The van der Waals surface area contributed by atoms with Gasteiger partial charge in [0.25, 0.3) is 11.8 Å². The number of amides is 5. The number of benzene rings is 2. The second-order valence-corrected chi connectivity index (χ2v) is 12.7. The number of piperidine rings is 1. The number of fused-ring (bicyclic) bond motifs is 2. The highest BCUT2D eigenvalue weighted by Crippen LogP contribution is 2.42. The molecule has 5 amide bonds. The van der Waals surface area contributed by atoms with E-state index in [1.165, 1.54) is 9.80 Å². The lowest BCUT2D eigenvalue weighted by molar-refractivity contribution is -0.137. The summed E-state index contributed by atoms with van der Waals surface area (Å²) in [5.74, 6) is -1.96. The van der Waals surface area contributed by atoms with Crippen LogP contribution in [0, 0.1) is 12.8 Å². The van der Waals surface area contributed by atoms with Crippen molar-refractivity contribution >= 4 is 56.6 Å². The summed E-state index contributed by atoms with van der Waals surface area (Å²) in [4.78, 5) is 70.4. The Kier molecular flexibility index (Phi) is 8.33. The van der Waals surface area contributed by atoms with Gasteiger partial charge in [-0.25, -0.2) is 0 Å². The van der Waals surface area contributed by atoms with Gasteiger partial charge in [0, 0.05) is 47.9 Å². The number of aryl methyl sites for hydroxylation is 1. The van der Waals surface area contributed by atoms with Crippen LogP contribution in [0.5, 0.6) is 0 Å². The fourth-order valence-electron chi connectivity index (χ4n) is 6.48. The van der Waals surface area contributed by atoms with Crippen LogP contribution in [0.1, 0.15) is 58.1 Å². The SMILES string of the molecule is C=CC(=O)N(c1cccc2c1C(=O)N(C1CCC(=O)NC1=O)C2)C(C(=O)NCC1CCOCC1)c1c(C)sc2ccccc12. The fraction of sp³-hybridized carbons (Fsp3) is 0.364. The molecule has 2 saturated heterocycles. The van der Waals surface area contributed by atoms with Gasteiger partial charge in [0.1, 0.15) is 12.1 Å². The van der Waals surface area contributed by atoms with Gasteiger partial charge >= 0.3 is 0 Å². The van der Waals surface area contributed by atoms with Gasteiger partial charge in [0.2, 0.25) is 17.7 Å². The minimum atomic E-state index is -1.10. The highest BCUT2D eigenvalue weighted by molar-refractivity contribution is 7.19. The van der Waals surface area contributed by atoms with E-state index in [1.807, 2.05) is 31.2 Å². The zero-order valence-electron chi connectivity index (χ0n) is 24.5. The van der Waals surface area contributed by atoms with Gasteiger partial charge in [0.15, 0.2) is 0 Å². The molecule has 3 aromatic rings. The smallest absolute Gasteiger partial charge is 0.257 e. The number of hydrogen-bond donors (Lipinski definition) is 2. The van der Waals surface area contributed by atoms with Gasteiger partial charge in [-0.2, -0.15) is 0 Å². The van der Waals surface area contributed by atoms with Crippen molar-refractivity contribution in [3.8, 4) is 0 Å². The first kappa shape index (κ1) is 29.7. The van der Waals surface area contributed by atoms with Crippen LogP contribution in [0.3, 0.4) is 0 Å². The Morgan fingerprint density at radius 1 is 1.14 bits per heavy atom. The Hall–Kier alpha value is -4.35. The maximum absolute atomic E-state index is 14.3. The van der Waals surface area contributed by atoms with E-state index in [-0.39, 0.29) is 48.4 Å². The summed E-state index contributed by atoms with van der Waals surface area (Å²) in [6, 6.07) is 11.0. The molecule has 6 rings (SSSR count). The van der Waals surface area contributed by atoms with Gasteiger partial charge < -0.3 is 15.0 Å². The van der Waals surface area contributed by atoms with E-state index in [0.29, 0.717) is 30.9 Å². The largest absolute Gasteiger partial charge is 0.381 e. The standard InChI is InChI=1S/C33H34N4O6S/c1-3-27(39)37(23-9-6-7-21-18-36(33(42)29(21)23)24-11-12-26(38)35-31(24)40)30(32(41)34-17-20-13-15-43-16-14-20)28-19(2)44-25-10-5-4-8-22(25)28/h3-10,20,24,30H,1,11-18H2,2H3,(H,34,41)(H,35,38,40). The number of thiophene rings is 1. The highest BCUT2D eigenvalue weighted by atomic mass is 32.1. The first-order chi connectivity index (χ1) is 21.3. The minimum absolute atomic E-state index is 0.129. The summed E-state index contributed by atoms with van der Waals surface area (Å²) in [6.45, 7) is 7.53. The van der Waals surface area contributed by atoms with Crippen LogP contribution in [0.15, 0.2) is 55.1 Å². The van der Waals surface area contributed by atoms with E-state index in [1.54, 1.807) is 29.5 Å². The molecule has 2 N–H and O–H groups in total. The predicted octanol–water partition coefficient (Wildman–Crippen LogP) is 3.77. The zero-order valence-corrected chi connectivity index (χ0v) is 25.3. The van der Waals surface area contributed by atoms with Crippen molar-refractivity contribution in [2.75, 3.05) is 24.7 Å². The molecule has 0 aliphatic carbocycles. The third-order valence-corrected chi connectivity index (χ3v) is 9.81. The summed E-state index contributed by atoms with van der Waals surface area (Å²) in [7, 11) is 0. The Bertz CT molecular complexity index is 1680. The number of nitrogens with zero attached hydrogens (tertiary/aromatic N) is 2. The second-order valence-electron chi connectivity index (χ2n) is 11.4. The van der Waals surface area contributed by atoms with Crippen LogP contribution in [0.2, 0.25) is 0 Å². The lowest BCUT2D eigenvalue weighted by Gasteiger charge is -2.33. The van der Waals surface area contributed by atoms with Crippen molar-refractivity contribution in [1.82, 2.24) is 15.5 Å². The third kappa shape index (κ3) is 5.41. The van der Waals surface area contributed by atoms with Crippen molar-refractivity contribution in [2.45, 2.75) is 51.2 Å². The quantitative estimate of drug-likeness (QED) is 0.294. The summed E-state index contributed by atoms with van der Waals surface area (Å²) < 4.78 is 6.46. The molecule has 2 atom stereocenters. The molecule has 0 bridgehead atoms. The molecule has 0 saturated carbocycles. The van der Waals surface area contributed by atoms with E-state index in [4.69, 9.17) is 4.74 Å². The second kappa shape index (κ2) is 12.3. The minimum Gasteiger partial charge on any atom is -0.381 e. The molecule has 44 heavy (non-hydrogen) atoms. The normalized spacial score (nSPS) is 19.4. The lowest BCUT2D eigenvalue weighted by Crippen LogP contribution is -2.52. The molecule has 4 heterocycles. The Labute approximate surface area is 259 Å². The number of hydrogen-bond acceptors (Lipinski definition) is 7. The van der Waals surface area contributed by atoms with Crippen LogP contribution in [-0.4, -0.2) is 60.2 Å². The molecule has 10 nitrogen and oxygen atoms in total. The van der Waals surface area contributed by atoms with Crippen molar-refractivity contribution in [3.05, 3.63) is 76.7 Å². The van der Waals surface area contributed by atoms with E-state index >= 15 is 0 Å². The predicted molar refractivity (Wildman–Crippen MR) is 166 cm³/mol. The third-order valence-electron chi connectivity index (χ3n) is 8.71. The first-order valence-electron chi connectivity index (χ1n) is 14.8. The number of ether oxygens (including phenoxy) is 1. The fourth-order valence-corrected chi connectivity index (χ4v) is 7.57. The topological polar surface area (TPSA) is 125 Å². The summed E-state index contributed by atoms with van der Waals surface area (Å²) >= 11 is 1.54. The molecule has 2 aromatic carbocycles. The molecule has 3 aliphatic heterocycles. The number of carbonyl (C=O) groups excluding carboxylic acids is 5. The van der Waals surface area contributed by atoms with E-state index in [2.05, 4.69) is 17.2 Å². The van der Waals surface area contributed by atoms with Crippen molar-refractivity contribution in [2.24, 2.45) is 5.92 Å². The van der Waals surface area contributed by atoms with Crippen LogP contribution in [0.4, 0.5) is 5.69 Å². The van der Waals surface area contributed by atoms with Crippen LogP contribution in [-0.2, 0) is 30.5 Å². The molecule has 2 fully saturated rings. The monoisotopic (exact) mass is 614 g/mol. The highest BCUT2D eigenvalue weighted by Gasteiger charge is 2.43. The summed E-state index contributed by atoms with van der Waals surface area (Å²) in [5, 5.41) is 6.29. The number of carbonyl (C=O) groups is 5. The van der Waals surface area contributed by atoms with Gasteiger partial charge in [-0.3, -0.25) is 34.2 Å². The molecule has 11 heteroatoms. The first-order valence-corrected chi connectivity index (χ1v) is 15.7. The molecule has 1 aromatic heterocycles. The summed E-state index contributed by atoms with van der Waals surface area (Å²) in [6.07, 6.45) is 3.16. The van der Waals surface area contributed by atoms with Crippen molar-refractivity contribution in [3.63, 3.8) is 0 Å². The van der Waals surface area contributed by atoms with Gasteiger partial charge in [-0.15, -0.1) is 11.3 Å². The van der Waals surface area contributed by atoms with E-state index < -0.39 is 29.8 Å². The number of nitrogens with one attached hydrogen (secondary N) is 2. The van der Waals surface area contributed by atoms with Gasteiger partial charge in [0.05, 0.1) is 11.3 Å². The number of anilines is 1. The van der Waals surface area contributed by atoms with Crippen LogP contribution >= 0.6 is 11.3 Å². The van der Waals surface area contributed by atoms with Crippen LogP contribution < -0.4 is 15.5 Å². The number of rotatable bonds is 8. The van der Waals surface area contributed by atoms with Crippen LogP contribution in [0.25, 0.3) is 10.1 Å². The average Bonchev–Trinajstić information content (AvgIpc) is 3.54. The molecule has 0 radical (unpaired) electrons. The maximum atomic E-state index is 14.3. The van der Waals surface area contributed by atoms with Gasteiger partial charge in [-0.05, 0) is 61.3 Å². The Morgan fingerprint density at radius 3 is 2.66 bits per heavy atom. The van der Waals surface area contributed by atoms with Gasteiger partial charge in [-0.1, -0.05) is 36.9 Å². The van der Waals surface area contributed by atoms with E-state index in [0.717, 1.165) is 33.9 Å². The maximum Gasteiger partial charge on any atom is 0.257 e. The number of imide groups is 1.